The Balaban J connectivity index is 0.00000289. The van der Waals surface area contributed by atoms with Crippen molar-refractivity contribution in [3.63, 3.8) is 0 Å². The molecule has 0 amide bonds. The van der Waals surface area contributed by atoms with E-state index in [1.54, 1.807) is 18.9 Å². The van der Waals surface area contributed by atoms with Gasteiger partial charge in [-0.1, -0.05) is 0 Å². The number of rotatable bonds is 6. The molecule has 0 bridgehead atoms. The summed E-state index contributed by atoms with van der Waals surface area (Å²) in [5.74, 6) is -1.11. The molecule has 0 spiro atoms. The van der Waals surface area contributed by atoms with Gasteiger partial charge in [-0.2, -0.15) is 4.68 Å². The monoisotopic (exact) mass is 278 g/mol. The normalized spacial score (nSPS) is 11.9. The molecule has 8 nitrogen and oxygen atoms in total. The minimum absolute atomic E-state index is 0. The highest BCUT2D eigenvalue weighted by Crippen LogP contribution is 2.05. The van der Waals surface area contributed by atoms with Crippen LogP contribution in [0, 0.1) is 10.1 Å². The van der Waals surface area contributed by atoms with Crippen molar-refractivity contribution in [2.45, 2.75) is 19.5 Å². The smallest absolute Gasteiger partial charge is 0.389 e. The number of hydrogen-bond donors (Lipinski definition) is 1. The van der Waals surface area contributed by atoms with E-state index in [0.717, 1.165) is 0 Å². The average Bonchev–Trinajstić information content (AvgIpc) is 2.73. The molecule has 0 aliphatic carbocycles. The molecule has 0 saturated heterocycles. The molecule has 102 valence electrons. The number of aliphatic carboxylic acids is 1. The van der Waals surface area contributed by atoms with Crippen LogP contribution in [0.15, 0.2) is 12.3 Å². The van der Waals surface area contributed by atoms with E-state index in [9.17, 15) is 14.9 Å². The standard InChI is InChI=1S/C9H14N4O4.ClH/c1-7(9(14)15)11(2)5-6-12-4-3-8(10-12)13(16)17;/h3-4,7H,5-6H2,1-2H3,(H,14,15);1H. The van der Waals surface area contributed by atoms with Crippen molar-refractivity contribution in [1.82, 2.24) is 14.7 Å². The van der Waals surface area contributed by atoms with E-state index >= 15 is 0 Å². The Kier molecular flexibility index (Phi) is 6.28. The number of hydrogen-bond acceptors (Lipinski definition) is 5. The summed E-state index contributed by atoms with van der Waals surface area (Å²) in [5.41, 5.74) is 0. The maximum Gasteiger partial charge on any atom is 0.389 e. The summed E-state index contributed by atoms with van der Waals surface area (Å²) >= 11 is 0. The molecular weight excluding hydrogens is 264 g/mol. The second-order valence-corrected chi connectivity index (χ2v) is 3.69. The van der Waals surface area contributed by atoms with Crippen LogP contribution in [0.4, 0.5) is 5.82 Å². The van der Waals surface area contributed by atoms with Crippen LogP contribution in [0.5, 0.6) is 0 Å². The molecule has 0 fully saturated rings. The molecule has 0 aliphatic rings. The molecule has 1 rings (SSSR count). The van der Waals surface area contributed by atoms with Crippen LogP contribution in [-0.2, 0) is 11.3 Å². The zero-order valence-electron chi connectivity index (χ0n) is 10.0. The number of carboxylic acid groups (broad SMARTS) is 1. The summed E-state index contributed by atoms with van der Waals surface area (Å²) in [4.78, 5) is 22.1. The Morgan fingerprint density at radius 3 is 2.78 bits per heavy atom. The van der Waals surface area contributed by atoms with Crippen molar-refractivity contribution < 1.29 is 14.8 Å². The summed E-state index contributed by atoms with van der Waals surface area (Å²) in [6.07, 6.45) is 1.50. The van der Waals surface area contributed by atoms with E-state index in [-0.39, 0.29) is 18.2 Å². The van der Waals surface area contributed by atoms with Crippen molar-refractivity contribution in [3.8, 4) is 0 Å². The lowest BCUT2D eigenvalue weighted by Crippen LogP contribution is -2.37. The Morgan fingerprint density at radius 1 is 1.72 bits per heavy atom. The predicted octanol–water partition coefficient (Wildman–Crippen LogP) is 0.618. The lowest BCUT2D eigenvalue weighted by atomic mass is 10.3. The summed E-state index contributed by atoms with van der Waals surface area (Å²) in [5, 5.41) is 22.9. The number of halogens is 1. The number of aromatic nitrogens is 2. The Labute approximate surface area is 110 Å². The van der Waals surface area contributed by atoms with Crippen LogP contribution in [-0.4, -0.2) is 50.3 Å². The van der Waals surface area contributed by atoms with Gasteiger partial charge in [0.2, 0.25) is 0 Å². The first kappa shape index (κ1) is 16.3. The third-order valence-electron chi connectivity index (χ3n) is 2.51. The molecule has 9 heteroatoms. The molecule has 1 unspecified atom stereocenters. The highest BCUT2D eigenvalue weighted by atomic mass is 35.5. The molecule has 0 aliphatic heterocycles. The fourth-order valence-electron chi connectivity index (χ4n) is 1.22. The van der Waals surface area contributed by atoms with Crippen molar-refractivity contribution in [2.75, 3.05) is 13.6 Å². The van der Waals surface area contributed by atoms with E-state index in [0.29, 0.717) is 13.1 Å². The third kappa shape index (κ3) is 4.30. The Bertz CT molecular complexity index is 422. The number of carbonyl (C=O) groups is 1. The van der Waals surface area contributed by atoms with E-state index in [4.69, 9.17) is 5.11 Å². The van der Waals surface area contributed by atoms with Crippen LogP contribution in [0.1, 0.15) is 6.92 Å². The van der Waals surface area contributed by atoms with Gasteiger partial charge < -0.3 is 15.2 Å². The summed E-state index contributed by atoms with van der Waals surface area (Å²) in [6.45, 7) is 2.43. The predicted molar refractivity (Wildman–Crippen MR) is 65.9 cm³/mol. The van der Waals surface area contributed by atoms with Gasteiger partial charge in [-0.25, -0.2) is 0 Å². The van der Waals surface area contributed by atoms with Crippen LogP contribution < -0.4 is 0 Å². The lowest BCUT2D eigenvalue weighted by Gasteiger charge is -2.19. The minimum Gasteiger partial charge on any atom is -0.480 e. The highest BCUT2D eigenvalue weighted by molar-refractivity contribution is 5.85. The summed E-state index contributed by atoms with van der Waals surface area (Å²) in [7, 11) is 1.68. The molecule has 1 N–H and O–H groups in total. The quantitative estimate of drug-likeness (QED) is 0.604. The van der Waals surface area contributed by atoms with E-state index in [2.05, 4.69) is 5.10 Å². The van der Waals surface area contributed by atoms with Gasteiger partial charge in [-0.05, 0) is 18.9 Å². The molecule has 0 aromatic carbocycles. The molecule has 18 heavy (non-hydrogen) atoms. The van der Waals surface area contributed by atoms with Crippen molar-refractivity contribution in [1.29, 1.82) is 0 Å². The second-order valence-electron chi connectivity index (χ2n) is 3.69. The van der Waals surface area contributed by atoms with Crippen LogP contribution in [0.3, 0.4) is 0 Å². The lowest BCUT2D eigenvalue weighted by molar-refractivity contribution is -0.389. The van der Waals surface area contributed by atoms with Crippen LogP contribution in [0.25, 0.3) is 0 Å². The average molecular weight is 279 g/mol. The first-order valence-corrected chi connectivity index (χ1v) is 5.02. The SMILES string of the molecule is CC(C(=O)O)N(C)CCn1ccc([N+](=O)[O-])n1.Cl. The van der Waals surface area contributed by atoms with Crippen LogP contribution >= 0.6 is 12.4 Å². The van der Waals surface area contributed by atoms with Gasteiger partial charge in [0, 0.05) is 6.54 Å². The van der Waals surface area contributed by atoms with Crippen molar-refractivity contribution >= 4 is 24.2 Å². The number of nitrogens with zero attached hydrogens (tertiary/aromatic N) is 4. The van der Waals surface area contributed by atoms with Crippen molar-refractivity contribution in [3.05, 3.63) is 22.4 Å². The maximum atomic E-state index is 10.7. The van der Waals surface area contributed by atoms with Gasteiger partial charge in [-0.15, -0.1) is 12.4 Å². The number of nitro groups is 1. The largest absolute Gasteiger partial charge is 0.480 e. The molecule has 1 heterocycles. The Hall–Kier alpha value is -1.67. The number of likely N-dealkylation sites (N-methyl/N-ethyl adjacent to an activating group) is 1. The van der Waals surface area contributed by atoms with Crippen molar-refractivity contribution in [2.24, 2.45) is 0 Å². The Morgan fingerprint density at radius 2 is 2.33 bits per heavy atom. The zero-order valence-corrected chi connectivity index (χ0v) is 10.8. The first-order valence-electron chi connectivity index (χ1n) is 5.02. The van der Waals surface area contributed by atoms with Gasteiger partial charge in [0.1, 0.15) is 6.04 Å². The number of carboxylic acids is 1. The summed E-state index contributed by atoms with van der Waals surface area (Å²) in [6, 6.07) is 0.709. The van der Waals surface area contributed by atoms with E-state index < -0.39 is 16.9 Å². The summed E-state index contributed by atoms with van der Waals surface area (Å²) < 4.78 is 1.42. The van der Waals surface area contributed by atoms with Gasteiger partial charge in [0.05, 0.1) is 23.9 Å². The van der Waals surface area contributed by atoms with Gasteiger partial charge in [0.25, 0.3) is 0 Å². The highest BCUT2D eigenvalue weighted by Gasteiger charge is 2.17. The third-order valence-corrected chi connectivity index (χ3v) is 2.51. The van der Waals surface area contributed by atoms with Gasteiger partial charge >= 0.3 is 11.8 Å². The zero-order chi connectivity index (χ0) is 13.0. The maximum absolute atomic E-state index is 10.7. The molecular formula is C9H15ClN4O4. The first-order chi connectivity index (χ1) is 7.91. The van der Waals surface area contributed by atoms with E-state index in [1.165, 1.54) is 16.9 Å². The van der Waals surface area contributed by atoms with Gasteiger partial charge in [0.15, 0.2) is 0 Å². The molecule has 1 aromatic rings. The second kappa shape index (κ2) is 6.92. The molecule has 1 atom stereocenters. The fourth-order valence-corrected chi connectivity index (χ4v) is 1.22. The molecule has 1 aromatic heterocycles. The van der Waals surface area contributed by atoms with Crippen LogP contribution in [0.2, 0.25) is 0 Å². The van der Waals surface area contributed by atoms with E-state index in [1.807, 2.05) is 0 Å². The minimum atomic E-state index is -0.904. The molecule has 0 saturated carbocycles. The molecule has 0 radical (unpaired) electrons. The topological polar surface area (TPSA) is 102 Å². The fraction of sp³-hybridized carbons (Fsp3) is 0.556. The van der Waals surface area contributed by atoms with Gasteiger partial charge in [-0.3, -0.25) is 9.69 Å².